The summed E-state index contributed by atoms with van der Waals surface area (Å²) in [7, 11) is 1.19. The lowest BCUT2D eigenvalue weighted by molar-refractivity contribution is -0.143. The van der Waals surface area contributed by atoms with Crippen molar-refractivity contribution in [1.29, 1.82) is 0 Å². The van der Waals surface area contributed by atoms with Crippen LogP contribution in [0.4, 0.5) is 0 Å². The molecular formula is C9H9Br2NO4S. The molecule has 0 radical (unpaired) electrons. The van der Waals surface area contributed by atoms with Crippen molar-refractivity contribution in [3.05, 3.63) is 19.2 Å². The smallest absolute Gasteiger partial charge is 0.330 e. The first kappa shape index (κ1) is 14.6. The molecule has 1 amide bonds. The molecule has 0 bridgehead atoms. The molecule has 0 aliphatic carbocycles. The van der Waals surface area contributed by atoms with Crippen LogP contribution in [0.2, 0.25) is 0 Å². The summed E-state index contributed by atoms with van der Waals surface area (Å²) >= 11 is 7.73. The van der Waals surface area contributed by atoms with Crippen LogP contribution in [0.1, 0.15) is 9.67 Å². The quantitative estimate of drug-likeness (QED) is 0.769. The monoisotopic (exact) mass is 385 g/mol. The minimum Gasteiger partial charge on any atom is -0.467 e. The van der Waals surface area contributed by atoms with E-state index in [2.05, 4.69) is 41.9 Å². The van der Waals surface area contributed by atoms with Gasteiger partial charge in [0.2, 0.25) is 0 Å². The molecule has 0 aromatic carbocycles. The van der Waals surface area contributed by atoms with Gasteiger partial charge in [0.15, 0.2) is 6.04 Å². The number of amides is 1. The average Bonchev–Trinajstić information content (AvgIpc) is 2.65. The molecule has 0 saturated carbocycles. The number of thiophene rings is 1. The fourth-order valence-electron chi connectivity index (χ4n) is 1.01. The van der Waals surface area contributed by atoms with E-state index in [4.69, 9.17) is 5.11 Å². The molecule has 0 aliphatic heterocycles. The highest BCUT2D eigenvalue weighted by atomic mass is 79.9. The first-order chi connectivity index (χ1) is 7.99. The van der Waals surface area contributed by atoms with Gasteiger partial charge in [0.25, 0.3) is 5.91 Å². The molecular weight excluding hydrogens is 378 g/mol. The molecule has 1 rings (SSSR count). The number of esters is 1. The summed E-state index contributed by atoms with van der Waals surface area (Å²) in [4.78, 5) is 23.3. The molecule has 0 spiro atoms. The fourth-order valence-corrected chi connectivity index (χ4v) is 2.95. The summed E-state index contributed by atoms with van der Waals surface area (Å²) in [6.45, 7) is -0.508. The van der Waals surface area contributed by atoms with Crippen molar-refractivity contribution >= 4 is 55.1 Å². The second kappa shape index (κ2) is 6.48. The van der Waals surface area contributed by atoms with Crippen LogP contribution in [0.5, 0.6) is 0 Å². The second-order valence-corrected chi connectivity index (χ2v) is 6.19. The van der Waals surface area contributed by atoms with Gasteiger partial charge in [-0.15, -0.1) is 11.3 Å². The highest BCUT2D eigenvalue weighted by molar-refractivity contribution is 9.13. The van der Waals surface area contributed by atoms with E-state index in [0.29, 0.717) is 4.88 Å². The Morgan fingerprint density at radius 2 is 2.24 bits per heavy atom. The van der Waals surface area contributed by atoms with Gasteiger partial charge in [-0.1, -0.05) is 0 Å². The zero-order chi connectivity index (χ0) is 13.0. The lowest BCUT2D eigenvalue weighted by Crippen LogP contribution is -2.43. The van der Waals surface area contributed by atoms with Crippen molar-refractivity contribution in [2.45, 2.75) is 6.04 Å². The first-order valence-corrected chi connectivity index (χ1v) is 6.84. The number of halogens is 2. The zero-order valence-corrected chi connectivity index (χ0v) is 12.7. The Hall–Kier alpha value is -0.440. The van der Waals surface area contributed by atoms with Gasteiger partial charge in [0.1, 0.15) is 0 Å². The highest BCUT2D eigenvalue weighted by Crippen LogP contribution is 2.32. The summed E-state index contributed by atoms with van der Waals surface area (Å²) < 4.78 is 5.97. The maximum Gasteiger partial charge on any atom is 0.330 e. The molecule has 1 heterocycles. The van der Waals surface area contributed by atoms with E-state index in [-0.39, 0.29) is 0 Å². The Kier molecular flexibility index (Phi) is 5.57. The third-order valence-corrected chi connectivity index (χ3v) is 5.10. The van der Waals surface area contributed by atoms with Gasteiger partial charge in [0, 0.05) is 4.47 Å². The normalized spacial score (nSPS) is 12.0. The lowest BCUT2D eigenvalue weighted by Gasteiger charge is -2.12. The van der Waals surface area contributed by atoms with Crippen LogP contribution in [0, 0.1) is 0 Å². The minimum absolute atomic E-state index is 0.422. The molecule has 1 atom stereocenters. The van der Waals surface area contributed by atoms with Crippen LogP contribution in [0.25, 0.3) is 0 Å². The fraction of sp³-hybridized carbons (Fsp3) is 0.333. The Balaban J connectivity index is 2.74. The van der Waals surface area contributed by atoms with Crippen molar-refractivity contribution in [2.75, 3.05) is 13.7 Å². The number of rotatable bonds is 4. The predicted octanol–water partition coefficient (Wildman–Crippen LogP) is 1.54. The second-order valence-electron chi connectivity index (χ2n) is 2.96. The standard InChI is InChI=1S/C9H9Br2NO4S/c1-16-9(15)5(3-13)12-8(14)6-2-4(10)7(11)17-6/h2,5,13H,3H2,1H3,(H,12,14). The number of methoxy groups -OCH3 is 1. The van der Waals surface area contributed by atoms with Crippen LogP contribution in [0.15, 0.2) is 14.3 Å². The van der Waals surface area contributed by atoms with Crippen molar-refractivity contribution in [2.24, 2.45) is 0 Å². The summed E-state index contributed by atoms with van der Waals surface area (Å²) in [5, 5.41) is 11.3. The van der Waals surface area contributed by atoms with Gasteiger partial charge in [0.05, 0.1) is 22.4 Å². The Morgan fingerprint density at radius 3 is 2.65 bits per heavy atom. The van der Waals surface area contributed by atoms with Crippen molar-refractivity contribution in [1.82, 2.24) is 5.32 Å². The van der Waals surface area contributed by atoms with E-state index in [0.717, 1.165) is 8.26 Å². The van der Waals surface area contributed by atoms with Gasteiger partial charge in [-0.2, -0.15) is 0 Å². The first-order valence-electron chi connectivity index (χ1n) is 4.44. The molecule has 1 unspecified atom stereocenters. The van der Waals surface area contributed by atoms with Crippen molar-refractivity contribution in [3.8, 4) is 0 Å². The largest absolute Gasteiger partial charge is 0.467 e. The number of aliphatic hydroxyl groups excluding tert-OH is 1. The molecule has 94 valence electrons. The molecule has 1 aromatic heterocycles. The summed E-state index contributed by atoms with van der Waals surface area (Å²) in [6.07, 6.45) is 0. The number of carbonyl (C=O) groups is 2. The SMILES string of the molecule is COC(=O)C(CO)NC(=O)c1cc(Br)c(Br)s1. The van der Waals surface area contributed by atoms with Crippen LogP contribution in [0.3, 0.4) is 0 Å². The van der Waals surface area contributed by atoms with Gasteiger partial charge in [-0.05, 0) is 37.9 Å². The Morgan fingerprint density at radius 1 is 1.59 bits per heavy atom. The van der Waals surface area contributed by atoms with Crippen molar-refractivity contribution < 1.29 is 19.4 Å². The Labute approximate surface area is 118 Å². The molecule has 2 N–H and O–H groups in total. The number of carbonyl (C=O) groups excluding carboxylic acids is 2. The summed E-state index contributed by atoms with van der Waals surface area (Å²) in [5.41, 5.74) is 0. The van der Waals surface area contributed by atoms with E-state index >= 15 is 0 Å². The molecule has 1 aromatic rings. The van der Waals surface area contributed by atoms with Crippen LogP contribution in [-0.4, -0.2) is 36.7 Å². The van der Waals surface area contributed by atoms with E-state index in [1.807, 2.05) is 0 Å². The predicted molar refractivity (Wildman–Crippen MR) is 70.1 cm³/mol. The van der Waals surface area contributed by atoms with Gasteiger partial charge >= 0.3 is 5.97 Å². The average molecular weight is 387 g/mol. The molecule has 0 saturated heterocycles. The van der Waals surface area contributed by atoms with E-state index in [1.54, 1.807) is 6.07 Å². The Bertz CT molecular complexity index is 415. The number of nitrogens with one attached hydrogen (secondary N) is 1. The van der Waals surface area contributed by atoms with Crippen molar-refractivity contribution in [3.63, 3.8) is 0 Å². The van der Waals surface area contributed by atoms with Gasteiger partial charge in [-0.3, -0.25) is 4.79 Å². The van der Waals surface area contributed by atoms with E-state index < -0.39 is 24.5 Å². The topological polar surface area (TPSA) is 75.6 Å². The van der Waals surface area contributed by atoms with Crippen LogP contribution in [-0.2, 0) is 9.53 Å². The van der Waals surface area contributed by atoms with E-state index in [1.165, 1.54) is 18.4 Å². The summed E-state index contributed by atoms with van der Waals surface area (Å²) in [6, 6.07) is 0.572. The third kappa shape index (κ3) is 3.77. The minimum atomic E-state index is -1.05. The maximum absolute atomic E-state index is 11.7. The lowest BCUT2D eigenvalue weighted by atomic mass is 10.3. The van der Waals surface area contributed by atoms with E-state index in [9.17, 15) is 9.59 Å². The highest BCUT2D eigenvalue weighted by Gasteiger charge is 2.22. The molecule has 0 aliphatic rings. The number of ether oxygens (including phenoxy) is 1. The number of aliphatic hydroxyl groups is 1. The molecule has 8 heteroatoms. The van der Waals surface area contributed by atoms with Gasteiger partial charge < -0.3 is 15.2 Å². The molecule has 5 nitrogen and oxygen atoms in total. The van der Waals surface area contributed by atoms with Crippen LogP contribution >= 0.6 is 43.2 Å². The number of hydrogen-bond donors (Lipinski definition) is 2. The van der Waals surface area contributed by atoms with Crippen LogP contribution < -0.4 is 5.32 Å². The number of hydrogen-bond acceptors (Lipinski definition) is 5. The maximum atomic E-state index is 11.7. The summed E-state index contributed by atoms with van der Waals surface area (Å²) in [5.74, 6) is -1.12. The molecule has 17 heavy (non-hydrogen) atoms. The third-order valence-electron chi connectivity index (χ3n) is 1.84. The zero-order valence-electron chi connectivity index (χ0n) is 8.70. The molecule has 0 fully saturated rings. The van der Waals surface area contributed by atoms with Gasteiger partial charge in [-0.25, -0.2) is 4.79 Å².